The second-order valence-corrected chi connectivity index (χ2v) is 6.16. The van der Waals surface area contributed by atoms with Gasteiger partial charge < -0.3 is 9.84 Å². The zero-order valence-electron chi connectivity index (χ0n) is 12.7. The molecular weight excluding hydrogens is 310 g/mol. The summed E-state index contributed by atoms with van der Waals surface area (Å²) in [5.74, 6) is 1.00. The topological polar surface area (TPSA) is 68.0 Å². The van der Waals surface area contributed by atoms with Crippen molar-refractivity contribution in [2.75, 3.05) is 0 Å². The molecule has 3 aromatic rings. The number of aromatic nitrogens is 2. The highest BCUT2D eigenvalue weighted by Gasteiger charge is 2.13. The Morgan fingerprint density at radius 2 is 2.09 bits per heavy atom. The average molecular weight is 327 g/mol. The van der Waals surface area contributed by atoms with Gasteiger partial charge in [0.05, 0.1) is 6.04 Å². The summed E-state index contributed by atoms with van der Waals surface area (Å²) in [6, 6.07) is 13.6. The predicted molar refractivity (Wildman–Crippen MR) is 88.9 cm³/mol. The van der Waals surface area contributed by atoms with Crippen LogP contribution in [0.1, 0.15) is 30.2 Å². The molecule has 0 spiro atoms. The molecule has 0 aliphatic carbocycles. The number of hydrogen-bond acceptors (Lipinski definition) is 5. The highest BCUT2D eigenvalue weighted by Crippen LogP contribution is 2.18. The minimum Gasteiger partial charge on any atom is -0.349 e. The third-order valence-corrected chi connectivity index (χ3v) is 4.47. The molecule has 0 unspecified atom stereocenters. The SMILES string of the molecule is C[C@@H](NC(=O)CCc1nc(-c2ccccc2)no1)c1cccs1. The Hall–Kier alpha value is -2.47. The fourth-order valence-electron chi connectivity index (χ4n) is 2.20. The van der Waals surface area contributed by atoms with Gasteiger partial charge in [0, 0.05) is 23.3 Å². The van der Waals surface area contributed by atoms with Gasteiger partial charge in [0.2, 0.25) is 17.6 Å². The number of carbonyl (C=O) groups excluding carboxylic acids is 1. The van der Waals surface area contributed by atoms with E-state index in [4.69, 9.17) is 4.52 Å². The Morgan fingerprint density at radius 3 is 2.83 bits per heavy atom. The molecule has 0 saturated heterocycles. The molecule has 0 fully saturated rings. The third-order valence-electron chi connectivity index (χ3n) is 3.41. The fourth-order valence-corrected chi connectivity index (χ4v) is 2.94. The van der Waals surface area contributed by atoms with Crippen LogP contribution in [-0.4, -0.2) is 16.0 Å². The van der Waals surface area contributed by atoms with E-state index < -0.39 is 0 Å². The standard InChI is InChI=1S/C17H17N3O2S/c1-12(14-8-5-11-23-14)18-15(21)9-10-16-19-17(20-22-16)13-6-3-2-4-7-13/h2-8,11-12H,9-10H2,1H3,(H,18,21)/t12-/m1/s1. The zero-order chi connectivity index (χ0) is 16.1. The van der Waals surface area contributed by atoms with Crippen molar-refractivity contribution < 1.29 is 9.32 Å². The summed E-state index contributed by atoms with van der Waals surface area (Å²) in [4.78, 5) is 17.5. The van der Waals surface area contributed by atoms with Gasteiger partial charge in [-0.25, -0.2) is 0 Å². The first-order valence-electron chi connectivity index (χ1n) is 7.43. The van der Waals surface area contributed by atoms with E-state index in [0.717, 1.165) is 10.4 Å². The van der Waals surface area contributed by atoms with Crippen LogP contribution in [0.15, 0.2) is 52.4 Å². The lowest BCUT2D eigenvalue weighted by Gasteiger charge is -2.11. The van der Waals surface area contributed by atoms with Gasteiger partial charge in [0.1, 0.15) is 0 Å². The maximum absolute atomic E-state index is 12.0. The van der Waals surface area contributed by atoms with Gasteiger partial charge in [0.15, 0.2) is 0 Å². The monoisotopic (exact) mass is 327 g/mol. The van der Waals surface area contributed by atoms with Crippen LogP contribution < -0.4 is 5.32 Å². The molecule has 1 amide bonds. The number of rotatable bonds is 6. The zero-order valence-corrected chi connectivity index (χ0v) is 13.5. The van der Waals surface area contributed by atoms with Crippen LogP contribution in [0, 0.1) is 0 Å². The van der Waals surface area contributed by atoms with Crippen molar-refractivity contribution in [1.82, 2.24) is 15.5 Å². The van der Waals surface area contributed by atoms with Gasteiger partial charge in [-0.05, 0) is 18.4 Å². The Balaban J connectivity index is 1.52. The molecule has 0 bridgehead atoms. The van der Waals surface area contributed by atoms with Crippen molar-refractivity contribution in [3.63, 3.8) is 0 Å². The van der Waals surface area contributed by atoms with Gasteiger partial charge >= 0.3 is 0 Å². The molecule has 2 heterocycles. The van der Waals surface area contributed by atoms with Crippen molar-refractivity contribution in [3.8, 4) is 11.4 Å². The summed E-state index contributed by atoms with van der Waals surface area (Å²) in [5, 5.41) is 8.92. The molecule has 0 aliphatic heterocycles. The van der Waals surface area contributed by atoms with E-state index >= 15 is 0 Å². The van der Waals surface area contributed by atoms with Crippen LogP contribution in [0.3, 0.4) is 0 Å². The van der Waals surface area contributed by atoms with Crippen molar-refractivity contribution in [2.24, 2.45) is 0 Å². The smallest absolute Gasteiger partial charge is 0.227 e. The normalized spacial score (nSPS) is 12.0. The Labute approximate surface area is 138 Å². The van der Waals surface area contributed by atoms with E-state index in [-0.39, 0.29) is 11.9 Å². The molecule has 2 aromatic heterocycles. The Morgan fingerprint density at radius 1 is 1.26 bits per heavy atom. The van der Waals surface area contributed by atoms with E-state index in [1.54, 1.807) is 11.3 Å². The number of nitrogens with one attached hydrogen (secondary N) is 1. The second kappa shape index (κ2) is 7.19. The largest absolute Gasteiger partial charge is 0.349 e. The first kappa shape index (κ1) is 15.4. The summed E-state index contributed by atoms with van der Waals surface area (Å²) in [6.07, 6.45) is 0.759. The summed E-state index contributed by atoms with van der Waals surface area (Å²) >= 11 is 1.63. The summed E-state index contributed by atoms with van der Waals surface area (Å²) < 4.78 is 5.21. The van der Waals surface area contributed by atoms with Crippen molar-refractivity contribution in [1.29, 1.82) is 0 Å². The maximum Gasteiger partial charge on any atom is 0.227 e. The molecular formula is C17H17N3O2S. The van der Waals surface area contributed by atoms with Crippen molar-refractivity contribution >= 4 is 17.2 Å². The Bertz CT molecular complexity index is 753. The number of thiophene rings is 1. The minimum atomic E-state index is -0.0228. The second-order valence-electron chi connectivity index (χ2n) is 5.18. The fraction of sp³-hybridized carbons (Fsp3) is 0.235. The highest BCUT2D eigenvalue weighted by molar-refractivity contribution is 7.10. The Kier molecular flexibility index (Phi) is 4.83. The van der Waals surface area contributed by atoms with Crippen LogP contribution in [-0.2, 0) is 11.2 Å². The number of nitrogens with zero attached hydrogens (tertiary/aromatic N) is 2. The summed E-state index contributed by atoms with van der Waals surface area (Å²) in [5.41, 5.74) is 0.901. The van der Waals surface area contributed by atoms with Gasteiger partial charge in [0.25, 0.3) is 0 Å². The van der Waals surface area contributed by atoms with E-state index in [2.05, 4.69) is 15.5 Å². The number of amides is 1. The number of hydrogen-bond donors (Lipinski definition) is 1. The molecule has 6 heteroatoms. The molecule has 1 atom stereocenters. The molecule has 0 aliphatic rings. The first-order valence-corrected chi connectivity index (χ1v) is 8.31. The number of benzene rings is 1. The lowest BCUT2D eigenvalue weighted by molar-refractivity contribution is -0.121. The molecule has 1 aromatic carbocycles. The lowest BCUT2D eigenvalue weighted by Crippen LogP contribution is -2.26. The molecule has 5 nitrogen and oxygen atoms in total. The van der Waals surface area contributed by atoms with Gasteiger partial charge in [-0.15, -0.1) is 11.3 Å². The summed E-state index contributed by atoms with van der Waals surface area (Å²) in [7, 11) is 0. The van der Waals surface area contributed by atoms with E-state index in [0.29, 0.717) is 24.6 Å². The molecule has 3 rings (SSSR count). The van der Waals surface area contributed by atoms with E-state index in [1.165, 1.54) is 0 Å². The molecule has 23 heavy (non-hydrogen) atoms. The maximum atomic E-state index is 12.0. The van der Waals surface area contributed by atoms with Crippen LogP contribution in [0.4, 0.5) is 0 Å². The molecule has 1 N–H and O–H groups in total. The van der Waals surface area contributed by atoms with Crippen LogP contribution in [0.5, 0.6) is 0 Å². The molecule has 0 saturated carbocycles. The molecule has 0 radical (unpaired) electrons. The third kappa shape index (κ3) is 4.04. The predicted octanol–water partition coefficient (Wildman–Crippen LogP) is 3.61. The van der Waals surface area contributed by atoms with E-state index in [9.17, 15) is 4.79 Å². The van der Waals surface area contributed by atoms with Crippen LogP contribution in [0.25, 0.3) is 11.4 Å². The lowest BCUT2D eigenvalue weighted by atomic mass is 10.2. The van der Waals surface area contributed by atoms with Gasteiger partial charge in [-0.2, -0.15) is 4.98 Å². The highest BCUT2D eigenvalue weighted by atomic mass is 32.1. The minimum absolute atomic E-state index is 0.0186. The van der Waals surface area contributed by atoms with Crippen molar-refractivity contribution in [2.45, 2.75) is 25.8 Å². The number of aryl methyl sites for hydroxylation is 1. The van der Waals surface area contributed by atoms with Gasteiger partial charge in [-0.3, -0.25) is 4.79 Å². The quantitative estimate of drug-likeness (QED) is 0.751. The van der Waals surface area contributed by atoms with E-state index in [1.807, 2.05) is 54.8 Å². The first-order chi connectivity index (χ1) is 11.2. The van der Waals surface area contributed by atoms with Crippen LogP contribution >= 0.6 is 11.3 Å². The van der Waals surface area contributed by atoms with Gasteiger partial charge in [-0.1, -0.05) is 41.6 Å². The average Bonchev–Trinajstić information content (AvgIpc) is 3.25. The van der Waals surface area contributed by atoms with Crippen molar-refractivity contribution in [3.05, 3.63) is 58.6 Å². The number of carbonyl (C=O) groups is 1. The van der Waals surface area contributed by atoms with Crippen LogP contribution in [0.2, 0.25) is 0 Å². The summed E-state index contributed by atoms with van der Waals surface area (Å²) in [6.45, 7) is 1.98. The molecule has 118 valence electrons.